The minimum atomic E-state index is -0.392. The number of benzene rings is 1. The Morgan fingerprint density at radius 3 is 2.86 bits per heavy atom. The third kappa shape index (κ3) is 5.19. The van der Waals surface area contributed by atoms with Crippen LogP contribution in [-0.4, -0.2) is 66.0 Å². The van der Waals surface area contributed by atoms with E-state index in [4.69, 9.17) is 4.74 Å². The van der Waals surface area contributed by atoms with Gasteiger partial charge in [0.2, 0.25) is 0 Å². The lowest BCUT2D eigenvalue weighted by Gasteiger charge is -2.34. The van der Waals surface area contributed by atoms with Crippen LogP contribution in [0.3, 0.4) is 0 Å². The van der Waals surface area contributed by atoms with Gasteiger partial charge in [-0.05, 0) is 49.4 Å². The van der Waals surface area contributed by atoms with E-state index >= 15 is 0 Å². The number of aromatic nitrogens is 2. The number of amides is 1. The van der Waals surface area contributed by atoms with Crippen molar-refractivity contribution in [3.63, 3.8) is 0 Å². The minimum Gasteiger partial charge on any atom is -0.497 e. The van der Waals surface area contributed by atoms with Crippen LogP contribution in [0.25, 0.3) is 0 Å². The number of ether oxygens (including phenoxy) is 1. The van der Waals surface area contributed by atoms with E-state index in [1.54, 1.807) is 19.1 Å². The number of methoxy groups -OCH3 is 1. The molecule has 7 nitrogen and oxygen atoms in total. The van der Waals surface area contributed by atoms with E-state index in [9.17, 15) is 9.59 Å². The largest absolute Gasteiger partial charge is 0.497 e. The molecule has 1 amide bonds. The van der Waals surface area contributed by atoms with Crippen LogP contribution in [0.2, 0.25) is 0 Å². The van der Waals surface area contributed by atoms with Crippen molar-refractivity contribution < 1.29 is 9.53 Å². The Morgan fingerprint density at radius 2 is 2.14 bits per heavy atom. The molecule has 7 heteroatoms. The summed E-state index contributed by atoms with van der Waals surface area (Å²) in [6.45, 7) is 3.71. The highest BCUT2D eigenvalue weighted by Crippen LogP contribution is 2.19. The van der Waals surface area contributed by atoms with Crippen LogP contribution in [0.4, 0.5) is 0 Å². The van der Waals surface area contributed by atoms with Crippen LogP contribution in [0, 0.1) is 5.92 Å². The lowest BCUT2D eigenvalue weighted by Crippen LogP contribution is -2.43. The number of aromatic amines is 1. The Kier molecular flexibility index (Phi) is 6.81. The predicted octanol–water partition coefficient (Wildman–Crippen LogP) is 1.81. The van der Waals surface area contributed by atoms with Crippen LogP contribution in [0.5, 0.6) is 5.75 Å². The van der Waals surface area contributed by atoms with Gasteiger partial charge in [-0.15, -0.1) is 0 Å². The van der Waals surface area contributed by atoms with E-state index in [1.165, 1.54) is 18.1 Å². The van der Waals surface area contributed by atoms with Crippen molar-refractivity contribution in [3.05, 3.63) is 58.3 Å². The number of nitrogens with one attached hydrogen (secondary N) is 1. The zero-order valence-electron chi connectivity index (χ0n) is 16.6. The fourth-order valence-corrected chi connectivity index (χ4v) is 3.76. The smallest absolute Gasteiger partial charge is 0.263 e. The highest BCUT2D eigenvalue weighted by Gasteiger charge is 2.24. The number of rotatable bonds is 7. The van der Waals surface area contributed by atoms with Crippen LogP contribution in [0.15, 0.2) is 41.6 Å². The van der Waals surface area contributed by atoms with Gasteiger partial charge in [-0.3, -0.25) is 9.59 Å². The topological polar surface area (TPSA) is 78.5 Å². The number of nitrogens with zero attached hydrogens (tertiary/aromatic N) is 3. The summed E-state index contributed by atoms with van der Waals surface area (Å²) >= 11 is 0. The second-order valence-corrected chi connectivity index (χ2v) is 7.39. The molecule has 0 saturated carbocycles. The summed E-state index contributed by atoms with van der Waals surface area (Å²) in [6.07, 6.45) is 5.85. The summed E-state index contributed by atoms with van der Waals surface area (Å²) < 4.78 is 5.21. The quantitative estimate of drug-likeness (QED) is 0.788. The first-order valence-corrected chi connectivity index (χ1v) is 9.70. The van der Waals surface area contributed by atoms with Gasteiger partial charge in [0, 0.05) is 32.9 Å². The molecule has 0 spiro atoms. The Labute approximate surface area is 165 Å². The maximum absolute atomic E-state index is 12.5. The van der Waals surface area contributed by atoms with Crippen LogP contribution < -0.4 is 10.3 Å². The van der Waals surface area contributed by atoms with Gasteiger partial charge in [0.25, 0.3) is 11.5 Å². The molecular weight excluding hydrogens is 356 g/mol. The summed E-state index contributed by atoms with van der Waals surface area (Å²) in [7, 11) is 3.43. The van der Waals surface area contributed by atoms with Crippen LogP contribution in [-0.2, 0) is 6.42 Å². The number of carbonyl (C=O) groups is 1. The molecule has 1 atom stereocenters. The minimum absolute atomic E-state index is 0.0946. The Balaban J connectivity index is 1.50. The van der Waals surface area contributed by atoms with Gasteiger partial charge >= 0.3 is 0 Å². The molecule has 1 saturated heterocycles. The lowest BCUT2D eigenvalue weighted by molar-refractivity contribution is 0.0728. The van der Waals surface area contributed by atoms with Crippen molar-refractivity contribution >= 4 is 5.91 Å². The highest BCUT2D eigenvalue weighted by atomic mass is 16.5. The maximum Gasteiger partial charge on any atom is 0.263 e. The molecule has 3 rings (SSSR count). The Hall–Kier alpha value is -2.67. The van der Waals surface area contributed by atoms with E-state index in [0.717, 1.165) is 44.6 Å². The summed E-state index contributed by atoms with van der Waals surface area (Å²) in [4.78, 5) is 34.8. The highest BCUT2D eigenvalue weighted by molar-refractivity contribution is 5.93. The average Bonchev–Trinajstić information content (AvgIpc) is 2.73. The van der Waals surface area contributed by atoms with E-state index < -0.39 is 5.56 Å². The fraction of sp³-hybridized carbons (Fsp3) is 0.476. The van der Waals surface area contributed by atoms with E-state index in [0.29, 0.717) is 12.5 Å². The lowest BCUT2D eigenvalue weighted by atomic mass is 9.97. The number of H-pyrrole nitrogens is 1. The summed E-state index contributed by atoms with van der Waals surface area (Å²) in [5.41, 5.74) is 1.000. The molecular formula is C21H28N4O3. The average molecular weight is 384 g/mol. The molecule has 2 heterocycles. The zero-order valence-corrected chi connectivity index (χ0v) is 16.6. The Morgan fingerprint density at radius 1 is 1.36 bits per heavy atom. The standard InChI is InChI=1S/C21H28N4O3/c1-24(21(27)19-12-22-15-23-20(19)26)13-17-4-3-10-25(14-17)11-9-16-5-7-18(28-2)8-6-16/h5-8,12,15,17H,3-4,9-11,13-14H2,1-2H3,(H,22,23,26)/t17-/m1/s1. The van der Waals surface area contributed by atoms with Gasteiger partial charge in [-0.2, -0.15) is 0 Å². The molecule has 150 valence electrons. The normalized spacial score (nSPS) is 17.3. The van der Waals surface area contributed by atoms with Gasteiger partial charge in [-0.25, -0.2) is 4.98 Å². The molecule has 1 aromatic heterocycles. The number of hydrogen-bond donors (Lipinski definition) is 1. The molecule has 0 radical (unpaired) electrons. The van der Waals surface area contributed by atoms with Gasteiger partial charge < -0.3 is 19.5 Å². The van der Waals surface area contributed by atoms with E-state index in [-0.39, 0.29) is 11.5 Å². The van der Waals surface area contributed by atoms with Crippen molar-refractivity contribution in [2.75, 3.05) is 40.3 Å². The van der Waals surface area contributed by atoms with Gasteiger partial charge in [0.1, 0.15) is 11.3 Å². The molecule has 0 bridgehead atoms. The van der Waals surface area contributed by atoms with Crippen LogP contribution >= 0.6 is 0 Å². The second kappa shape index (κ2) is 9.50. The first-order chi connectivity index (χ1) is 13.6. The first-order valence-electron chi connectivity index (χ1n) is 9.70. The third-order valence-electron chi connectivity index (χ3n) is 5.31. The van der Waals surface area contributed by atoms with Gasteiger partial charge in [0.15, 0.2) is 0 Å². The Bertz CT molecular complexity index is 834. The predicted molar refractivity (Wildman–Crippen MR) is 108 cm³/mol. The van der Waals surface area contributed by atoms with Crippen molar-refractivity contribution in [3.8, 4) is 5.75 Å². The number of carbonyl (C=O) groups excluding carboxylic acids is 1. The van der Waals surface area contributed by atoms with Crippen LogP contribution in [0.1, 0.15) is 28.8 Å². The maximum atomic E-state index is 12.5. The SMILES string of the molecule is COc1ccc(CCN2CCC[C@H](CN(C)C(=O)c3cnc[nH]c3=O)C2)cc1. The van der Waals surface area contributed by atoms with Crippen molar-refractivity contribution in [2.24, 2.45) is 5.92 Å². The molecule has 1 N–H and O–H groups in total. The molecule has 1 aliphatic heterocycles. The number of piperidine rings is 1. The molecule has 0 unspecified atom stereocenters. The summed E-state index contributed by atoms with van der Waals surface area (Å²) in [6, 6.07) is 8.21. The van der Waals surface area contributed by atoms with Crippen molar-refractivity contribution in [2.45, 2.75) is 19.3 Å². The molecule has 1 aliphatic rings. The molecule has 2 aromatic rings. The monoisotopic (exact) mass is 384 g/mol. The summed E-state index contributed by atoms with van der Waals surface area (Å²) in [5.74, 6) is 1.01. The van der Waals surface area contributed by atoms with E-state index in [2.05, 4.69) is 27.0 Å². The zero-order chi connectivity index (χ0) is 19.9. The molecule has 1 aromatic carbocycles. The number of likely N-dealkylation sites (tertiary alicyclic amines) is 1. The summed E-state index contributed by atoms with van der Waals surface area (Å²) in [5, 5.41) is 0. The van der Waals surface area contributed by atoms with Gasteiger partial charge in [-0.1, -0.05) is 12.1 Å². The van der Waals surface area contributed by atoms with Gasteiger partial charge in [0.05, 0.1) is 13.4 Å². The van der Waals surface area contributed by atoms with Crippen molar-refractivity contribution in [1.29, 1.82) is 0 Å². The molecule has 0 aliphatic carbocycles. The third-order valence-corrected chi connectivity index (χ3v) is 5.31. The number of hydrogen-bond acceptors (Lipinski definition) is 5. The molecule has 1 fully saturated rings. The van der Waals surface area contributed by atoms with E-state index in [1.807, 2.05) is 12.1 Å². The fourth-order valence-electron chi connectivity index (χ4n) is 3.76. The van der Waals surface area contributed by atoms with Crippen molar-refractivity contribution in [1.82, 2.24) is 19.8 Å². The molecule has 28 heavy (non-hydrogen) atoms. The second-order valence-electron chi connectivity index (χ2n) is 7.39. The first kappa shape index (κ1) is 20.1.